The van der Waals surface area contributed by atoms with E-state index in [1.807, 2.05) is 13.8 Å². The summed E-state index contributed by atoms with van der Waals surface area (Å²) in [6, 6.07) is -0.0931. The molecule has 6 nitrogen and oxygen atoms in total. The first-order valence-corrected chi connectivity index (χ1v) is 4.99. The average molecular weight is 211 g/mol. The SMILES string of the molecule is CC(N)CCC(=O)NC(C)c1ncn[nH]1. The summed E-state index contributed by atoms with van der Waals surface area (Å²) < 4.78 is 0. The first-order chi connectivity index (χ1) is 7.09. The number of rotatable bonds is 5. The Bertz CT molecular complexity index is 295. The van der Waals surface area contributed by atoms with Gasteiger partial charge in [0, 0.05) is 12.5 Å². The molecular formula is C9H17N5O. The number of hydrogen-bond donors (Lipinski definition) is 3. The number of H-pyrrole nitrogens is 1. The van der Waals surface area contributed by atoms with E-state index < -0.39 is 0 Å². The fourth-order valence-electron chi connectivity index (χ4n) is 1.16. The quantitative estimate of drug-likeness (QED) is 0.644. The molecule has 2 atom stereocenters. The minimum absolute atomic E-state index is 0.0174. The molecule has 1 heterocycles. The molecule has 0 saturated heterocycles. The maximum Gasteiger partial charge on any atom is 0.220 e. The highest BCUT2D eigenvalue weighted by molar-refractivity contribution is 5.76. The fraction of sp³-hybridized carbons (Fsp3) is 0.667. The third-order valence-electron chi connectivity index (χ3n) is 2.05. The Morgan fingerprint density at radius 3 is 2.93 bits per heavy atom. The highest BCUT2D eigenvalue weighted by Gasteiger charge is 2.11. The summed E-state index contributed by atoms with van der Waals surface area (Å²) in [5.41, 5.74) is 5.56. The van der Waals surface area contributed by atoms with E-state index in [4.69, 9.17) is 5.73 Å². The summed E-state index contributed by atoms with van der Waals surface area (Å²) in [4.78, 5) is 15.4. The Morgan fingerprint density at radius 2 is 2.40 bits per heavy atom. The first-order valence-electron chi connectivity index (χ1n) is 4.99. The van der Waals surface area contributed by atoms with Crippen LogP contribution in [0.2, 0.25) is 0 Å². The maximum atomic E-state index is 11.4. The van der Waals surface area contributed by atoms with Crippen molar-refractivity contribution in [1.29, 1.82) is 0 Å². The lowest BCUT2D eigenvalue weighted by molar-refractivity contribution is -0.121. The number of aromatic amines is 1. The van der Waals surface area contributed by atoms with E-state index in [9.17, 15) is 4.79 Å². The molecular weight excluding hydrogens is 194 g/mol. The van der Waals surface area contributed by atoms with Gasteiger partial charge in [-0.05, 0) is 20.3 Å². The van der Waals surface area contributed by atoms with Crippen LogP contribution in [0, 0.1) is 0 Å². The van der Waals surface area contributed by atoms with Crippen molar-refractivity contribution in [2.24, 2.45) is 5.73 Å². The number of nitrogens with two attached hydrogens (primary N) is 1. The standard InChI is InChI=1S/C9H17N5O/c1-6(10)3-4-8(15)13-7(2)9-11-5-12-14-9/h5-7H,3-4,10H2,1-2H3,(H,13,15)(H,11,12,14). The lowest BCUT2D eigenvalue weighted by atomic mass is 10.2. The van der Waals surface area contributed by atoms with Gasteiger partial charge >= 0.3 is 0 Å². The molecule has 1 amide bonds. The van der Waals surface area contributed by atoms with Crippen molar-refractivity contribution in [3.8, 4) is 0 Å². The van der Waals surface area contributed by atoms with Gasteiger partial charge < -0.3 is 11.1 Å². The van der Waals surface area contributed by atoms with E-state index in [-0.39, 0.29) is 18.0 Å². The molecule has 1 aromatic rings. The molecule has 0 spiro atoms. The van der Waals surface area contributed by atoms with Crippen LogP contribution in [0.25, 0.3) is 0 Å². The van der Waals surface area contributed by atoms with Crippen LogP contribution in [-0.2, 0) is 4.79 Å². The van der Waals surface area contributed by atoms with E-state index >= 15 is 0 Å². The molecule has 0 fully saturated rings. The highest BCUT2D eigenvalue weighted by Crippen LogP contribution is 2.04. The molecule has 0 aliphatic carbocycles. The predicted octanol–water partition coefficient (Wildman–Crippen LogP) is 0.109. The zero-order chi connectivity index (χ0) is 11.3. The van der Waals surface area contributed by atoms with Crippen LogP contribution >= 0.6 is 0 Å². The summed E-state index contributed by atoms with van der Waals surface area (Å²) in [5, 5.41) is 9.23. The number of carbonyl (C=O) groups excluding carboxylic acids is 1. The van der Waals surface area contributed by atoms with Gasteiger partial charge in [-0.1, -0.05) is 0 Å². The van der Waals surface area contributed by atoms with Gasteiger partial charge in [0.1, 0.15) is 12.2 Å². The minimum atomic E-state index is -0.145. The highest BCUT2D eigenvalue weighted by atomic mass is 16.1. The number of aromatic nitrogens is 3. The minimum Gasteiger partial charge on any atom is -0.346 e. The van der Waals surface area contributed by atoms with Gasteiger partial charge in [0.2, 0.25) is 5.91 Å². The van der Waals surface area contributed by atoms with E-state index in [0.717, 1.165) is 0 Å². The normalized spacial score (nSPS) is 14.6. The van der Waals surface area contributed by atoms with E-state index in [2.05, 4.69) is 20.5 Å². The number of hydrogen-bond acceptors (Lipinski definition) is 4. The van der Waals surface area contributed by atoms with Crippen molar-refractivity contribution in [2.75, 3.05) is 0 Å². The molecule has 1 aromatic heterocycles. The van der Waals surface area contributed by atoms with E-state index in [1.165, 1.54) is 6.33 Å². The second kappa shape index (κ2) is 5.45. The maximum absolute atomic E-state index is 11.4. The smallest absolute Gasteiger partial charge is 0.220 e. The Hall–Kier alpha value is -1.43. The van der Waals surface area contributed by atoms with E-state index in [0.29, 0.717) is 18.7 Å². The summed E-state index contributed by atoms with van der Waals surface area (Å²) in [6.07, 6.45) is 2.55. The van der Waals surface area contributed by atoms with Crippen LogP contribution in [0.1, 0.15) is 38.6 Å². The van der Waals surface area contributed by atoms with Crippen molar-refractivity contribution in [3.63, 3.8) is 0 Å². The number of nitrogens with one attached hydrogen (secondary N) is 2. The Morgan fingerprint density at radius 1 is 1.67 bits per heavy atom. The summed E-state index contributed by atoms with van der Waals surface area (Å²) in [7, 11) is 0. The van der Waals surface area contributed by atoms with Gasteiger partial charge in [-0.25, -0.2) is 4.98 Å². The Balaban J connectivity index is 2.32. The van der Waals surface area contributed by atoms with Gasteiger partial charge in [-0.3, -0.25) is 9.89 Å². The van der Waals surface area contributed by atoms with Crippen molar-refractivity contribution < 1.29 is 4.79 Å². The van der Waals surface area contributed by atoms with Crippen molar-refractivity contribution in [3.05, 3.63) is 12.2 Å². The van der Waals surface area contributed by atoms with Crippen molar-refractivity contribution in [2.45, 2.75) is 38.8 Å². The summed E-state index contributed by atoms with van der Waals surface area (Å²) in [5.74, 6) is 0.639. The Labute approximate surface area is 88.7 Å². The molecule has 1 rings (SSSR count). The summed E-state index contributed by atoms with van der Waals surface area (Å²) >= 11 is 0. The largest absolute Gasteiger partial charge is 0.346 e. The van der Waals surface area contributed by atoms with Crippen molar-refractivity contribution >= 4 is 5.91 Å². The van der Waals surface area contributed by atoms with Gasteiger partial charge in [0.25, 0.3) is 0 Å². The molecule has 2 unspecified atom stereocenters. The van der Waals surface area contributed by atoms with Crippen LogP contribution < -0.4 is 11.1 Å². The molecule has 0 saturated carbocycles. The number of amides is 1. The molecule has 0 aliphatic rings. The van der Waals surface area contributed by atoms with Crippen LogP contribution in [-0.4, -0.2) is 27.1 Å². The molecule has 84 valence electrons. The van der Waals surface area contributed by atoms with Crippen LogP contribution in [0.15, 0.2) is 6.33 Å². The van der Waals surface area contributed by atoms with Crippen molar-refractivity contribution in [1.82, 2.24) is 20.5 Å². The molecule has 0 radical (unpaired) electrons. The molecule has 15 heavy (non-hydrogen) atoms. The third kappa shape index (κ3) is 4.07. The Kier molecular flexibility index (Phi) is 4.23. The lowest BCUT2D eigenvalue weighted by Crippen LogP contribution is -2.28. The van der Waals surface area contributed by atoms with E-state index in [1.54, 1.807) is 0 Å². The predicted molar refractivity (Wildman–Crippen MR) is 55.8 cm³/mol. The topological polar surface area (TPSA) is 96.7 Å². The zero-order valence-electron chi connectivity index (χ0n) is 9.03. The number of carbonyl (C=O) groups is 1. The molecule has 4 N–H and O–H groups in total. The summed E-state index contributed by atoms with van der Waals surface area (Å²) in [6.45, 7) is 3.73. The second-order valence-corrected chi connectivity index (χ2v) is 3.68. The molecule has 0 bridgehead atoms. The van der Waals surface area contributed by atoms with Gasteiger partial charge in [-0.2, -0.15) is 5.10 Å². The first kappa shape index (κ1) is 11.6. The number of nitrogens with zero attached hydrogens (tertiary/aromatic N) is 2. The van der Waals surface area contributed by atoms with Crippen LogP contribution in [0.5, 0.6) is 0 Å². The third-order valence-corrected chi connectivity index (χ3v) is 2.05. The second-order valence-electron chi connectivity index (χ2n) is 3.68. The van der Waals surface area contributed by atoms with Gasteiger partial charge in [-0.15, -0.1) is 0 Å². The van der Waals surface area contributed by atoms with Gasteiger partial charge in [0.05, 0.1) is 6.04 Å². The molecule has 0 aliphatic heterocycles. The van der Waals surface area contributed by atoms with Crippen LogP contribution in [0.4, 0.5) is 0 Å². The average Bonchev–Trinajstić information content (AvgIpc) is 2.67. The molecule has 0 aromatic carbocycles. The molecule has 6 heteroatoms. The fourth-order valence-corrected chi connectivity index (χ4v) is 1.16. The zero-order valence-corrected chi connectivity index (χ0v) is 9.03. The van der Waals surface area contributed by atoms with Gasteiger partial charge in [0.15, 0.2) is 0 Å². The lowest BCUT2D eigenvalue weighted by Gasteiger charge is -2.11. The van der Waals surface area contributed by atoms with Crippen LogP contribution in [0.3, 0.4) is 0 Å². The monoisotopic (exact) mass is 211 g/mol.